The van der Waals surface area contributed by atoms with Crippen LogP contribution in [0.15, 0.2) is 30.5 Å². The van der Waals surface area contributed by atoms with Crippen molar-refractivity contribution < 1.29 is 4.79 Å². The van der Waals surface area contributed by atoms with Gasteiger partial charge in [-0.25, -0.2) is 15.8 Å². The Labute approximate surface area is 146 Å². The smallest absolute Gasteiger partial charge is 0.238 e. The predicted octanol–water partition coefficient (Wildman–Crippen LogP) is 1.90. The van der Waals surface area contributed by atoms with E-state index in [-0.39, 0.29) is 18.0 Å². The lowest BCUT2D eigenvalue weighted by Gasteiger charge is -2.12. The van der Waals surface area contributed by atoms with E-state index in [1.54, 1.807) is 17.5 Å². The molecule has 0 aliphatic carbocycles. The number of rotatable bonds is 6. The number of hydrogen-bond acceptors (Lipinski definition) is 6. The van der Waals surface area contributed by atoms with Gasteiger partial charge in [0.2, 0.25) is 5.91 Å². The van der Waals surface area contributed by atoms with Crippen LogP contribution in [0.25, 0.3) is 0 Å². The number of aromatic nitrogens is 1. The summed E-state index contributed by atoms with van der Waals surface area (Å²) in [5.74, 6) is 0.887. The number of thiophene rings is 1. The van der Waals surface area contributed by atoms with Gasteiger partial charge < -0.3 is 10.6 Å². The van der Waals surface area contributed by atoms with Crippen molar-refractivity contribution in [2.45, 2.75) is 32.4 Å². The minimum Gasteiger partial charge on any atom is -0.368 e. The summed E-state index contributed by atoms with van der Waals surface area (Å²) < 4.78 is 0. The van der Waals surface area contributed by atoms with Gasteiger partial charge in [-0.15, -0.1) is 11.3 Å². The van der Waals surface area contributed by atoms with Crippen LogP contribution in [-0.2, 0) is 4.79 Å². The zero-order chi connectivity index (χ0) is 16.9. The van der Waals surface area contributed by atoms with Crippen LogP contribution in [0.5, 0.6) is 0 Å². The largest absolute Gasteiger partial charge is 0.368 e. The summed E-state index contributed by atoms with van der Waals surface area (Å²) in [5.41, 5.74) is 7.41. The van der Waals surface area contributed by atoms with Crippen LogP contribution in [0.4, 0.5) is 5.82 Å². The average molecular weight is 345 g/mol. The third-order valence-electron chi connectivity index (χ3n) is 4.05. The lowest BCUT2D eigenvalue weighted by Crippen LogP contribution is -2.44. The fourth-order valence-electron chi connectivity index (χ4n) is 2.72. The fourth-order valence-corrected chi connectivity index (χ4v) is 3.66. The maximum atomic E-state index is 12.3. The highest BCUT2D eigenvalue weighted by Gasteiger charge is 2.30. The van der Waals surface area contributed by atoms with Gasteiger partial charge in [-0.3, -0.25) is 4.79 Å². The van der Waals surface area contributed by atoms with Crippen molar-refractivity contribution in [3.63, 3.8) is 0 Å². The summed E-state index contributed by atoms with van der Waals surface area (Å²) >= 11 is 1.77. The quantitative estimate of drug-likeness (QED) is 0.602. The lowest BCUT2D eigenvalue weighted by atomic mass is 10.1. The second-order valence-corrected chi connectivity index (χ2v) is 7.28. The Kier molecular flexibility index (Phi) is 5.44. The average Bonchev–Trinajstić information content (AvgIpc) is 3.21. The van der Waals surface area contributed by atoms with E-state index in [0.717, 1.165) is 17.8 Å². The second kappa shape index (κ2) is 7.74. The molecule has 0 saturated carbocycles. The molecule has 0 bridgehead atoms. The number of carbonyl (C=O) groups excluding carboxylic acids is 1. The number of amides is 1. The monoisotopic (exact) mass is 345 g/mol. The molecule has 24 heavy (non-hydrogen) atoms. The van der Waals surface area contributed by atoms with Crippen molar-refractivity contribution >= 4 is 23.1 Å². The molecule has 1 saturated heterocycles. The minimum absolute atomic E-state index is 0.0258. The van der Waals surface area contributed by atoms with Crippen LogP contribution in [0, 0.1) is 13.8 Å². The Morgan fingerprint density at radius 3 is 2.92 bits per heavy atom. The summed E-state index contributed by atoms with van der Waals surface area (Å²) in [4.78, 5) is 19.1. The van der Waals surface area contributed by atoms with Gasteiger partial charge in [-0.2, -0.15) is 0 Å². The van der Waals surface area contributed by atoms with E-state index in [4.69, 9.17) is 0 Å². The maximum absolute atomic E-state index is 12.3. The van der Waals surface area contributed by atoms with Crippen LogP contribution in [0.3, 0.4) is 0 Å². The topological polar surface area (TPSA) is 78.1 Å². The first kappa shape index (κ1) is 16.9. The normalized spacial score (nSPS) is 20.1. The van der Waals surface area contributed by atoms with E-state index in [1.165, 1.54) is 9.75 Å². The second-order valence-electron chi connectivity index (χ2n) is 5.96. The Morgan fingerprint density at radius 2 is 2.17 bits per heavy atom. The van der Waals surface area contributed by atoms with Crippen molar-refractivity contribution in [3.05, 3.63) is 45.8 Å². The number of nitrogens with one attached hydrogen (secondary N) is 4. The Hall–Kier alpha value is -1.96. The van der Waals surface area contributed by atoms with Crippen LogP contribution in [-0.4, -0.2) is 30.0 Å². The van der Waals surface area contributed by atoms with E-state index in [2.05, 4.69) is 45.5 Å². The molecule has 1 aliphatic heterocycles. The third-order valence-corrected chi connectivity index (χ3v) is 5.16. The lowest BCUT2D eigenvalue weighted by molar-refractivity contribution is -0.122. The summed E-state index contributed by atoms with van der Waals surface area (Å²) in [6.45, 7) is 5.32. The molecule has 128 valence electrons. The molecule has 2 aromatic heterocycles. The van der Waals surface area contributed by atoms with Crippen molar-refractivity contribution in [1.82, 2.24) is 21.2 Å². The zero-order valence-electron chi connectivity index (χ0n) is 13.9. The van der Waals surface area contributed by atoms with Crippen LogP contribution < -0.4 is 21.5 Å². The molecular formula is C17H23N5OS. The summed E-state index contributed by atoms with van der Waals surface area (Å²) in [7, 11) is 0. The van der Waals surface area contributed by atoms with E-state index in [1.807, 2.05) is 19.1 Å². The number of aryl methyl sites for hydroxylation is 2. The van der Waals surface area contributed by atoms with Gasteiger partial charge in [-0.1, -0.05) is 6.07 Å². The Bertz CT molecular complexity index is 702. The molecule has 2 atom stereocenters. The summed E-state index contributed by atoms with van der Waals surface area (Å²) in [6, 6.07) is 8.16. The van der Waals surface area contributed by atoms with Crippen LogP contribution >= 0.6 is 11.3 Å². The van der Waals surface area contributed by atoms with E-state index >= 15 is 0 Å². The number of carbonyl (C=O) groups is 1. The molecule has 0 aromatic carbocycles. The SMILES string of the molecule is Cc1ccc(C2CC(C(=O)NCCNc3ncccc3C)NN2)s1. The van der Waals surface area contributed by atoms with Crippen molar-refractivity contribution in [2.75, 3.05) is 18.4 Å². The van der Waals surface area contributed by atoms with Crippen LogP contribution in [0.1, 0.15) is 27.8 Å². The highest BCUT2D eigenvalue weighted by Crippen LogP contribution is 2.28. The number of anilines is 1. The van der Waals surface area contributed by atoms with E-state index in [0.29, 0.717) is 13.1 Å². The maximum Gasteiger partial charge on any atom is 0.238 e. The molecule has 6 nitrogen and oxygen atoms in total. The summed E-state index contributed by atoms with van der Waals surface area (Å²) in [5, 5.41) is 6.20. The number of pyridine rings is 1. The predicted molar refractivity (Wildman–Crippen MR) is 96.9 cm³/mol. The van der Waals surface area contributed by atoms with Gasteiger partial charge in [0.25, 0.3) is 0 Å². The molecule has 1 amide bonds. The molecular weight excluding hydrogens is 322 g/mol. The molecule has 4 N–H and O–H groups in total. The van der Waals surface area contributed by atoms with E-state index < -0.39 is 0 Å². The zero-order valence-corrected chi connectivity index (χ0v) is 14.7. The molecule has 3 heterocycles. The van der Waals surface area contributed by atoms with Gasteiger partial charge in [0.15, 0.2) is 0 Å². The highest BCUT2D eigenvalue weighted by atomic mass is 32.1. The van der Waals surface area contributed by atoms with Gasteiger partial charge in [0.1, 0.15) is 11.9 Å². The van der Waals surface area contributed by atoms with Crippen molar-refractivity contribution in [2.24, 2.45) is 0 Å². The minimum atomic E-state index is -0.200. The van der Waals surface area contributed by atoms with Gasteiger partial charge in [-0.05, 0) is 44.0 Å². The Balaban J connectivity index is 1.41. The van der Waals surface area contributed by atoms with E-state index in [9.17, 15) is 4.79 Å². The molecule has 0 spiro atoms. The number of nitrogens with zero attached hydrogens (tertiary/aromatic N) is 1. The number of hydrazine groups is 1. The Morgan fingerprint density at radius 1 is 1.29 bits per heavy atom. The summed E-state index contributed by atoms with van der Waals surface area (Å²) in [6.07, 6.45) is 2.52. The molecule has 0 radical (unpaired) electrons. The first-order valence-corrected chi connectivity index (χ1v) is 8.96. The molecule has 1 aliphatic rings. The molecule has 1 fully saturated rings. The third kappa shape index (κ3) is 4.11. The first-order chi connectivity index (χ1) is 11.6. The highest BCUT2D eigenvalue weighted by molar-refractivity contribution is 7.12. The first-order valence-electron chi connectivity index (χ1n) is 8.14. The molecule has 3 rings (SSSR count). The van der Waals surface area contributed by atoms with Crippen LogP contribution in [0.2, 0.25) is 0 Å². The number of hydrogen-bond donors (Lipinski definition) is 4. The molecule has 2 aromatic rings. The fraction of sp³-hybridized carbons (Fsp3) is 0.412. The van der Waals surface area contributed by atoms with Gasteiger partial charge >= 0.3 is 0 Å². The van der Waals surface area contributed by atoms with Gasteiger partial charge in [0.05, 0.1) is 6.04 Å². The van der Waals surface area contributed by atoms with Crippen molar-refractivity contribution in [1.29, 1.82) is 0 Å². The van der Waals surface area contributed by atoms with Gasteiger partial charge in [0, 0.05) is 29.0 Å². The standard InChI is InChI=1S/C17H23N5OS/c1-11-4-3-7-18-16(11)19-8-9-20-17(23)14-10-13(21-22-14)15-6-5-12(2)24-15/h3-7,13-14,21-22H,8-10H2,1-2H3,(H,18,19)(H,20,23). The molecule has 2 unspecified atom stereocenters. The van der Waals surface area contributed by atoms with Crippen molar-refractivity contribution in [3.8, 4) is 0 Å². The molecule has 7 heteroatoms.